The van der Waals surface area contributed by atoms with Gasteiger partial charge in [-0.05, 0) is 18.2 Å². The normalized spacial score (nSPS) is 10.3. The molecule has 6 nitrogen and oxygen atoms in total. The molecule has 0 aliphatic heterocycles. The lowest BCUT2D eigenvalue weighted by Crippen LogP contribution is -2.03. The average molecular weight is 297 g/mol. The molecule has 1 N–H and O–H groups in total. The van der Waals surface area contributed by atoms with E-state index in [1.54, 1.807) is 17.9 Å². The van der Waals surface area contributed by atoms with E-state index in [1.807, 2.05) is 6.07 Å². The van der Waals surface area contributed by atoms with Gasteiger partial charge in [-0.2, -0.15) is 5.10 Å². The molecule has 0 aliphatic rings. The summed E-state index contributed by atoms with van der Waals surface area (Å²) in [5.74, 6) is -0.517. The van der Waals surface area contributed by atoms with E-state index in [-0.39, 0.29) is 22.9 Å². The van der Waals surface area contributed by atoms with Crippen LogP contribution in [0.15, 0.2) is 24.4 Å². The van der Waals surface area contributed by atoms with Crippen LogP contribution in [0.3, 0.4) is 0 Å². The van der Waals surface area contributed by atoms with E-state index >= 15 is 0 Å². The van der Waals surface area contributed by atoms with Gasteiger partial charge in [-0.3, -0.25) is 4.68 Å². The molecule has 1 heterocycles. The van der Waals surface area contributed by atoms with Crippen LogP contribution in [0.25, 0.3) is 0 Å². The van der Waals surface area contributed by atoms with Crippen molar-refractivity contribution in [1.82, 2.24) is 9.78 Å². The van der Waals surface area contributed by atoms with E-state index in [4.69, 9.17) is 26.2 Å². The zero-order valence-corrected chi connectivity index (χ0v) is 11.7. The molecule has 1 aromatic heterocycles. The molecule has 0 fully saturated rings. The number of carboxylic acid groups (broad SMARTS) is 1. The molecule has 0 bridgehead atoms. The number of rotatable bonds is 5. The number of aromatic nitrogens is 2. The van der Waals surface area contributed by atoms with E-state index in [1.165, 1.54) is 19.2 Å². The van der Waals surface area contributed by atoms with E-state index in [2.05, 4.69) is 5.10 Å². The summed E-state index contributed by atoms with van der Waals surface area (Å²) in [6.07, 6.45) is 1.80. The molecule has 0 saturated carbocycles. The predicted molar refractivity (Wildman–Crippen MR) is 72.5 cm³/mol. The molecule has 7 heteroatoms. The van der Waals surface area contributed by atoms with Crippen LogP contribution in [0.5, 0.6) is 11.5 Å². The van der Waals surface area contributed by atoms with Crippen LogP contribution in [0.2, 0.25) is 5.02 Å². The van der Waals surface area contributed by atoms with Gasteiger partial charge >= 0.3 is 5.97 Å². The molecule has 106 valence electrons. The Kier molecular flexibility index (Phi) is 4.14. The zero-order chi connectivity index (χ0) is 14.7. The van der Waals surface area contributed by atoms with Gasteiger partial charge in [-0.25, -0.2) is 4.79 Å². The monoisotopic (exact) mass is 296 g/mol. The number of ether oxygens (including phenoxy) is 2. The fourth-order valence-electron chi connectivity index (χ4n) is 1.67. The van der Waals surface area contributed by atoms with Crippen molar-refractivity contribution < 1.29 is 19.4 Å². The van der Waals surface area contributed by atoms with Gasteiger partial charge in [0.2, 0.25) is 0 Å². The highest BCUT2D eigenvalue weighted by Gasteiger charge is 2.15. The van der Waals surface area contributed by atoms with Crippen molar-refractivity contribution in [2.24, 2.45) is 7.05 Å². The maximum absolute atomic E-state index is 10.9. The van der Waals surface area contributed by atoms with E-state index in [9.17, 15) is 4.79 Å². The van der Waals surface area contributed by atoms with Crippen molar-refractivity contribution >= 4 is 17.6 Å². The third kappa shape index (κ3) is 3.03. The number of methoxy groups -OCH3 is 1. The average Bonchev–Trinajstić information content (AvgIpc) is 2.82. The lowest BCUT2D eigenvalue weighted by atomic mass is 10.2. The zero-order valence-electron chi connectivity index (χ0n) is 11.0. The van der Waals surface area contributed by atoms with Gasteiger partial charge in [-0.1, -0.05) is 11.6 Å². The summed E-state index contributed by atoms with van der Waals surface area (Å²) >= 11 is 6.03. The maximum atomic E-state index is 10.9. The van der Waals surface area contributed by atoms with Crippen LogP contribution in [0.1, 0.15) is 16.1 Å². The van der Waals surface area contributed by atoms with Crippen molar-refractivity contribution in [3.05, 3.63) is 40.7 Å². The summed E-state index contributed by atoms with van der Waals surface area (Å²) in [7, 11) is 3.23. The summed E-state index contributed by atoms with van der Waals surface area (Å²) in [5.41, 5.74) is 0.768. The lowest BCUT2D eigenvalue weighted by molar-refractivity contribution is 0.0696. The first-order chi connectivity index (χ1) is 9.51. The minimum Gasteiger partial charge on any atom is -0.493 e. The lowest BCUT2D eigenvalue weighted by Gasteiger charge is -2.12. The Morgan fingerprint density at radius 3 is 2.80 bits per heavy atom. The molecule has 0 unspecified atom stereocenters. The van der Waals surface area contributed by atoms with Crippen molar-refractivity contribution in [2.75, 3.05) is 7.11 Å². The highest BCUT2D eigenvalue weighted by molar-refractivity contribution is 6.32. The largest absolute Gasteiger partial charge is 0.493 e. The second-order valence-corrected chi connectivity index (χ2v) is 4.47. The van der Waals surface area contributed by atoms with Crippen molar-refractivity contribution in [1.29, 1.82) is 0 Å². The molecule has 2 aromatic rings. The molecule has 0 amide bonds. The molecule has 0 saturated heterocycles. The first-order valence-electron chi connectivity index (χ1n) is 5.73. The number of hydrogen-bond donors (Lipinski definition) is 1. The number of carbonyl (C=O) groups is 1. The fourth-order valence-corrected chi connectivity index (χ4v) is 1.93. The van der Waals surface area contributed by atoms with E-state index < -0.39 is 5.97 Å². The number of nitrogens with zero attached hydrogens (tertiary/aromatic N) is 2. The molecular formula is C13H13ClN2O4. The highest BCUT2D eigenvalue weighted by Crippen LogP contribution is 2.36. The number of carboxylic acids is 1. The molecular weight excluding hydrogens is 284 g/mol. The van der Waals surface area contributed by atoms with Gasteiger partial charge in [0, 0.05) is 13.2 Å². The highest BCUT2D eigenvalue weighted by atomic mass is 35.5. The molecule has 0 spiro atoms. The first kappa shape index (κ1) is 14.2. The van der Waals surface area contributed by atoms with E-state index in [0.717, 1.165) is 5.69 Å². The Labute approximate surface area is 120 Å². The second kappa shape index (κ2) is 5.83. The number of hydrogen-bond acceptors (Lipinski definition) is 4. The Morgan fingerprint density at radius 2 is 2.25 bits per heavy atom. The summed E-state index contributed by atoms with van der Waals surface area (Å²) in [4.78, 5) is 10.9. The number of benzene rings is 1. The van der Waals surface area contributed by atoms with Crippen molar-refractivity contribution in [3.63, 3.8) is 0 Å². The minimum absolute atomic E-state index is 0.0389. The molecule has 2 rings (SSSR count). The Hall–Kier alpha value is -2.21. The Morgan fingerprint density at radius 1 is 1.50 bits per heavy atom. The summed E-state index contributed by atoms with van der Waals surface area (Å²) in [6, 6.07) is 4.49. The molecule has 0 aliphatic carbocycles. The van der Waals surface area contributed by atoms with Gasteiger partial charge in [0.05, 0.1) is 23.4 Å². The Balaban J connectivity index is 2.24. The van der Waals surface area contributed by atoms with Crippen LogP contribution < -0.4 is 9.47 Å². The summed E-state index contributed by atoms with van der Waals surface area (Å²) in [6.45, 7) is 0.212. The van der Waals surface area contributed by atoms with Gasteiger partial charge in [0.25, 0.3) is 0 Å². The molecule has 0 radical (unpaired) electrons. The fraction of sp³-hybridized carbons (Fsp3) is 0.231. The SMILES string of the molecule is COc1cc(C(=O)O)cc(Cl)c1OCc1ccn(C)n1. The minimum atomic E-state index is -1.08. The van der Waals surface area contributed by atoms with Gasteiger partial charge in [0.1, 0.15) is 6.61 Å². The molecule has 20 heavy (non-hydrogen) atoms. The number of aryl methyl sites for hydroxylation is 1. The topological polar surface area (TPSA) is 73.6 Å². The van der Waals surface area contributed by atoms with Gasteiger partial charge in [0.15, 0.2) is 11.5 Å². The predicted octanol–water partition coefficient (Wildman–Crippen LogP) is 2.36. The van der Waals surface area contributed by atoms with E-state index in [0.29, 0.717) is 5.75 Å². The second-order valence-electron chi connectivity index (χ2n) is 4.06. The molecule has 1 aromatic carbocycles. The van der Waals surface area contributed by atoms with Crippen LogP contribution in [0.4, 0.5) is 0 Å². The number of halogens is 1. The number of aromatic carboxylic acids is 1. The third-order valence-corrected chi connectivity index (χ3v) is 2.89. The van der Waals surface area contributed by atoms with Crippen LogP contribution >= 0.6 is 11.6 Å². The maximum Gasteiger partial charge on any atom is 0.335 e. The van der Waals surface area contributed by atoms with Gasteiger partial charge in [-0.15, -0.1) is 0 Å². The first-order valence-corrected chi connectivity index (χ1v) is 6.11. The third-order valence-electron chi connectivity index (χ3n) is 2.61. The Bertz CT molecular complexity index is 639. The van der Waals surface area contributed by atoms with Crippen LogP contribution in [-0.2, 0) is 13.7 Å². The van der Waals surface area contributed by atoms with Crippen molar-refractivity contribution in [3.8, 4) is 11.5 Å². The summed E-state index contributed by atoms with van der Waals surface area (Å²) in [5, 5.41) is 13.3. The quantitative estimate of drug-likeness (QED) is 0.917. The summed E-state index contributed by atoms with van der Waals surface area (Å²) < 4.78 is 12.3. The smallest absolute Gasteiger partial charge is 0.335 e. The van der Waals surface area contributed by atoms with Gasteiger partial charge < -0.3 is 14.6 Å². The van der Waals surface area contributed by atoms with Crippen LogP contribution in [0, 0.1) is 0 Å². The van der Waals surface area contributed by atoms with Crippen LogP contribution in [-0.4, -0.2) is 28.0 Å². The van der Waals surface area contributed by atoms with Crippen molar-refractivity contribution in [2.45, 2.75) is 6.61 Å². The molecule has 0 atom stereocenters. The standard InChI is InChI=1S/C13H13ClN2O4/c1-16-4-3-9(15-16)7-20-12-10(14)5-8(13(17)18)6-11(12)19-2/h3-6H,7H2,1-2H3,(H,17,18).